The summed E-state index contributed by atoms with van der Waals surface area (Å²) in [5.74, 6) is 0.0721. The summed E-state index contributed by atoms with van der Waals surface area (Å²) in [5, 5.41) is 3.05. The molecule has 21 heavy (non-hydrogen) atoms. The van der Waals surface area contributed by atoms with Gasteiger partial charge in [0.1, 0.15) is 0 Å². The molecule has 0 aliphatic carbocycles. The Morgan fingerprint density at radius 1 is 1.00 bits per heavy atom. The molecular weight excluding hydrogens is 258 g/mol. The van der Waals surface area contributed by atoms with Crippen LogP contribution in [0.15, 0.2) is 54.6 Å². The van der Waals surface area contributed by atoms with Crippen LogP contribution in [0.1, 0.15) is 30.5 Å². The zero-order valence-electron chi connectivity index (χ0n) is 13.0. The van der Waals surface area contributed by atoms with E-state index in [1.54, 1.807) is 0 Å². The molecule has 2 aromatic carbocycles. The monoisotopic (exact) mass is 281 g/mol. The maximum absolute atomic E-state index is 12.1. The molecule has 0 fully saturated rings. The highest BCUT2D eigenvalue weighted by molar-refractivity contribution is 5.78. The molecule has 0 aliphatic rings. The fourth-order valence-electron chi connectivity index (χ4n) is 2.26. The van der Waals surface area contributed by atoms with Gasteiger partial charge in [0.2, 0.25) is 5.91 Å². The number of benzene rings is 2. The molecule has 0 radical (unpaired) electrons. The van der Waals surface area contributed by atoms with Crippen LogP contribution in [0.25, 0.3) is 0 Å². The van der Waals surface area contributed by atoms with Crippen molar-refractivity contribution in [3.63, 3.8) is 0 Å². The molecule has 1 amide bonds. The third kappa shape index (κ3) is 4.45. The fraction of sp³-hybridized carbons (Fsp3) is 0.316. The molecule has 2 heteroatoms. The second-order valence-electron chi connectivity index (χ2n) is 6.19. The summed E-state index contributed by atoms with van der Waals surface area (Å²) < 4.78 is 0. The van der Waals surface area contributed by atoms with Gasteiger partial charge in [-0.1, -0.05) is 74.0 Å². The molecule has 0 aliphatic heterocycles. The van der Waals surface area contributed by atoms with E-state index < -0.39 is 0 Å². The molecular formula is C19H23NO. The van der Waals surface area contributed by atoms with Crippen molar-refractivity contribution in [1.82, 2.24) is 5.32 Å². The largest absolute Gasteiger partial charge is 0.355 e. The lowest BCUT2D eigenvalue weighted by Crippen LogP contribution is -2.37. The van der Waals surface area contributed by atoms with E-state index in [0.29, 0.717) is 13.0 Å². The van der Waals surface area contributed by atoms with Gasteiger partial charge in [0.05, 0.1) is 6.42 Å². The summed E-state index contributed by atoms with van der Waals surface area (Å²) in [6.07, 6.45) is 0.436. The molecule has 0 heterocycles. The van der Waals surface area contributed by atoms with Crippen LogP contribution in [0.2, 0.25) is 0 Å². The zero-order chi connectivity index (χ0) is 15.3. The van der Waals surface area contributed by atoms with Crippen LogP contribution >= 0.6 is 0 Å². The summed E-state index contributed by atoms with van der Waals surface area (Å²) in [7, 11) is 0. The summed E-state index contributed by atoms with van der Waals surface area (Å²) in [6, 6.07) is 18.4. The zero-order valence-corrected chi connectivity index (χ0v) is 13.0. The van der Waals surface area contributed by atoms with Gasteiger partial charge in [0.25, 0.3) is 0 Å². The predicted octanol–water partition coefficient (Wildman–Crippen LogP) is 3.63. The second-order valence-corrected chi connectivity index (χ2v) is 6.19. The van der Waals surface area contributed by atoms with Crippen molar-refractivity contribution >= 4 is 5.91 Å². The van der Waals surface area contributed by atoms with Gasteiger partial charge in [-0.25, -0.2) is 0 Å². The van der Waals surface area contributed by atoms with Crippen LogP contribution in [0.5, 0.6) is 0 Å². The number of hydrogen-bond donors (Lipinski definition) is 1. The number of nitrogens with one attached hydrogen (secondary N) is 1. The Balaban J connectivity index is 1.90. The Morgan fingerprint density at radius 3 is 2.24 bits per heavy atom. The van der Waals surface area contributed by atoms with Crippen LogP contribution in [-0.2, 0) is 16.6 Å². The normalized spacial score (nSPS) is 11.2. The molecule has 110 valence electrons. The van der Waals surface area contributed by atoms with Crippen LogP contribution in [-0.4, -0.2) is 12.5 Å². The van der Waals surface area contributed by atoms with E-state index in [2.05, 4.69) is 31.3 Å². The molecule has 0 saturated carbocycles. The van der Waals surface area contributed by atoms with Crippen molar-refractivity contribution in [1.29, 1.82) is 0 Å². The lowest BCUT2D eigenvalue weighted by Gasteiger charge is -2.25. The van der Waals surface area contributed by atoms with E-state index in [0.717, 1.165) is 5.56 Å². The van der Waals surface area contributed by atoms with Crippen molar-refractivity contribution in [2.75, 3.05) is 6.54 Å². The van der Waals surface area contributed by atoms with Gasteiger partial charge in [-0.3, -0.25) is 4.79 Å². The minimum atomic E-state index is -0.0653. The second kappa shape index (κ2) is 6.57. The molecule has 0 unspecified atom stereocenters. The van der Waals surface area contributed by atoms with Gasteiger partial charge >= 0.3 is 0 Å². The van der Waals surface area contributed by atoms with E-state index in [9.17, 15) is 4.79 Å². The summed E-state index contributed by atoms with van der Waals surface area (Å²) in [4.78, 5) is 12.1. The summed E-state index contributed by atoms with van der Waals surface area (Å²) >= 11 is 0. The van der Waals surface area contributed by atoms with Gasteiger partial charge in [-0.2, -0.15) is 0 Å². The van der Waals surface area contributed by atoms with E-state index in [1.807, 2.05) is 49.4 Å². The number of aryl methyl sites for hydroxylation is 1. The highest BCUT2D eigenvalue weighted by Gasteiger charge is 2.20. The van der Waals surface area contributed by atoms with Crippen molar-refractivity contribution in [3.05, 3.63) is 71.3 Å². The maximum atomic E-state index is 12.1. The number of carbonyl (C=O) groups excluding carboxylic acids is 1. The van der Waals surface area contributed by atoms with E-state index in [-0.39, 0.29) is 11.3 Å². The predicted molar refractivity (Wildman–Crippen MR) is 87.4 cm³/mol. The Kier molecular flexibility index (Phi) is 4.79. The summed E-state index contributed by atoms with van der Waals surface area (Å²) in [6.45, 7) is 6.98. The third-order valence-electron chi connectivity index (χ3n) is 3.77. The van der Waals surface area contributed by atoms with Gasteiger partial charge in [-0.15, -0.1) is 0 Å². The average Bonchev–Trinajstić information content (AvgIpc) is 2.49. The first kappa shape index (κ1) is 15.3. The Morgan fingerprint density at radius 2 is 1.62 bits per heavy atom. The van der Waals surface area contributed by atoms with Crippen molar-refractivity contribution in [2.45, 2.75) is 32.6 Å². The highest BCUT2D eigenvalue weighted by Crippen LogP contribution is 2.21. The number of rotatable bonds is 5. The molecule has 0 spiro atoms. The smallest absolute Gasteiger partial charge is 0.224 e. The lowest BCUT2D eigenvalue weighted by molar-refractivity contribution is -0.120. The maximum Gasteiger partial charge on any atom is 0.224 e. The number of carbonyl (C=O) groups is 1. The quantitative estimate of drug-likeness (QED) is 0.891. The lowest BCUT2D eigenvalue weighted by atomic mass is 9.84. The van der Waals surface area contributed by atoms with Gasteiger partial charge in [-0.05, 0) is 18.1 Å². The minimum absolute atomic E-state index is 0.0653. The van der Waals surface area contributed by atoms with Crippen LogP contribution in [0, 0.1) is 6.92 Å². The first-order valence-corrected chi connectivity index (χ1v) is 7.35. The molecule has 1 N–H and O–H groups in total. The van der Waals surface area contributed by atoms with Crippen molar-refractivity contribution < 1.29 is 4.79 Å². The number of hydrogen-bond acceptors (Lipinski definition) is 1. The van der Waals surface area contributed by atoms with Crippen LogP contribution < -0.4 is 5.32 Å². The van der Waals surface area contributed by atoms with Gasteiger partial charge in [0, 0.05) is 12.0 Å². The molecule has 0 atom stereocenters. The molecule has 2 nitrogen and oxygen atoms in total. The topological polar surface area (TPSA) is 29.1 Å². The highest BCUT2D eigenvalue weighted by atomic mass is 16.1. The first-order chi connectivity index (χ1) is 9.97. The number of amides is 1. The molecule has 2 aromatic rings. The molecule has 0 aromatic heterocycles. The Bertz CT molecular complexity index is 585. The van der Waals surface area contributed by atoms with E-state index in [1.165, 1.54) is 11.1 Å². The molecule has 2 rings (SSSR count). The van der Waals surface area contributed by atoms with E-state index >= 15 is 0 Å². The van der Waals surface area contributed by atoms with E-state index in [4.69, 9.17) is 0 Å². The SMILES string of the molecule is Cc1ccc(CC(=O)NCC(C)(C)c2ccccc2)cc1. The minimum Gasteiger partial charge on any atom is -0.355 e. The van der Waals surface area contributed by atoms with Gasteiger partial charge < -0.3 is 5.32 Å². The fourth-order valence-corrected chi connectivity index (χ4v) is 2.26. The Labute approximate surface area is 127 Å². The standard InChI is InChI=1S/C19H23NO/c1-15-9-11-16(12-10-15)13-18(21)20-14-19(2,3)17-7-5-4-6-8-17/h4-12H,13-14H2,1-3H3,(H,20,21). The van der Waals surface area contributed by atoms with Gasteiger partial charge in [0.15, 0.2) is 0 Å². The van der Waals surface area contributed by atoms with Crippen molar-refractivity contribution in [3.8, 4) is 0 Å². The first-order valence-electron chi connectivity index (χ1n) is 7.35. The molecule has 0 bridgehead atoms. The van der Waals surface area contributed by atoms with Crippen LogP contribution in [0.3, 0.4) is 0 Å². The average molecular weight is 281 g/mol. The third-order valence-corrected chi connectivity index (χ3v) is 3.77. The molecule has 0 saturated heterocycles. The Hall–Kier alpha value is -2.09. The van der Waals surface area contributed by atoms with Crippen LogP contribution in [0.4, 0.5) is 0 Å². The van der Waals surface area contributed by atoms with Crippen molar-refractivity contribution in [2.24, 2.45) is 0 Å². The summed E-state index contributed by atoms with van der Waals surface area (Å²) in [5.41, 5.74) is 3.44.